The Balaban J connectivity index is 2.28. The minimum absolute atomic E-state index is 0.0748. The van der Waals surface area contributed by atoms with Crippen molar-refractivity contribution in [2.75, 3.05) is 61.7 Å². The van der Waals surface area contributed by atoms with Crippen LogP contribution < -0.4 is 14.2 Å². The van der Waals surface area contributed by atoms with E-state index in [1.807, 2.05) is 14.1 Å². The largest absolute Gasteiger partial charge is 0.496 e. The Kier molecular flexibility index (Phi) is 6.50. The molecule has 1 heterocycles. The van der Waals surface area contributed by atoms with E-state index in [-0.39, 0.29) is 24.3 Å². The monoisotopic (exact) mass is 352 g/mol. The number of carbonyl (C=O) groups is 1. The van der Waals surface area contributed by atoms with Crippen LogP contribution in [0.3, 0.4) is 0 Å². The highest BCUT2D eigenvalue weighted by Gasteiger charge is 2.36. The van der Waals surface area contributed by atoms with Crippen LogP contribution in [0.25, 0.3) is 0 Å². The predicted molar refractivity (Wildman–Crippen MR) is 94.6 cm³/mol. The molecule has 0 spiro atoms. The summed E-state index contributed by atoms with van der Waals surface area (Å²) >= 11 is 0. The van der Waals surface area contributed by atoms with Gasteiger partial charge in [-0.25, -0.2) is 0 Å². The van der Waals surface area contributed by atoms with Crippen LogP contribution in [0, 0.1) is 11.8 Å². The summed E-state index contributed by atoms with van der Waals surface area (Å²) in [5.74, 6) is 1.63. The molecule has 2 atom stereocenters. The van der Waals surface area contributed by atoms with E-state index in [9.17, 15) is 9.90 Å². The van der Waals surface area contributed by atoms with E-state index in [1.165, 1.54) is 21.3 Å². The van der Waals surface area contributed by atoms with Gasteiger partial charge in [-0.1, -0.05) is 0 Å². The molecule has 1 aliphatic heterocycles. The molecule has 1 saturated heterocycles. The molecule has 0 radical (unpaired) electrons. The van der Waals surface area contributed by atoms with Crippen molar-refractivity contribution in [3.05, 3.63) is 17.7 Å². The van der Waals surface area contributed by atoms with Gasteiger partial charge in [-0.05, 0) is 20.0 Å². The minimum Gasteiger partial charge on any atom is -0.496 e. The molecule has 0 bridgehead atoms. The number of hydrogen-bond acceptors (Lipinski definition) is 6. The molecule has 0 aromatic heterocycles. The number of benzene rings is 1. The van der Waals surface area contributed by atoms with Gasteiger partial charge in [0.2, 0.25) is 0 Å². The number of methoxy groups -OCH3 is 3. The summed E-state index contributed by atoms with van der Waals surface area (Å²) in [5.41, 5.74) is 0.433. The Labute approximate surface area is 149 Å². The summed E-state index contributed by atoms with van der Waals surface area (Å²) in [6, 6.07) is 3.30. The van der Waals surface area contributed by atoms with Gasteiger partial charge in [-0.3, -0.25) is 4.79 Å². The Morgan fingerprint density at radius 3 is 2.16 bits per heavy atom. The Hall–Kier alpha value is -1.99. The zero-order valence-corrected chi connectivity index (χ0v) is 15.6. The number of rotatable bonds is 7. The Morgan fingerprint density at radius 1 is 1.08 bits per heavy atom. The molecule has 1 fully saturated rings. The lowest BCUT2D eigenvalue weighted by Gasteiger charge is -2.21. The van der Waals surface area contributed by atoms with Crippen LogP contribution in [0.1, 0.15) is 10.4 Å². The molecule has 1 amide bonds. The summed E-state index contributed by atoms with van der Waals surface area (Å²) in [4.78, 5) is 16.9. The Morgan fingerprint density at radius 2 is 1.64 bits per heavy atom. The van der Waals surface area contributed by atoms with Crippen molar-refractivity contribution >= 4 is 5.91 Å². The van der Waals surface area contributed by atoms with E-state index in [0.717, 1.165) is 6.54 Å². The van der Waals surface area contributed by atoms with Crippen LogP contribution >= 0.6 is 0 Å². The maximum absolute atomic E-state index is 13.0. The summed E-state index contributed by atoms with van der Waals surface area (Å²) in [5, 5.41) is 9.65. The van der Waals surface area contributed by atoms with Crippen LogP contribution in [-0.4, -0.2) is 82.5 Å². The highest BCUT2D eigenvalue weighted by atomic mass is 16.5. The fourth-order valence-electron chi connectivity index (χ4n) is 3.35. The van der Waals surface area contributed by atoms with Gasteiger partial charge in [0.25, 0.3) is 5.91 Å². The van der Waals surface area contributed by atoms with Crippen molar-refractivity contribution in [3.8, 4) is 17.2 Å². The number of aliphatic hydroxyl groups excluding tert-OH is 1. The van der Waals surface area contributed by atoms with E-state index in [1.54, 1.807) is 17.0 Å². The van der Waals surface area contributed by atoms with Crippen LogP contribution in [0.15, 0.2) is 12.1 Å². The smallest absolute Gasteiger partial charge is 0.257 e. The van der Waals surface area contributed by atoms with E-state index < -0.39 is 0 Å². The van der Waals surface area contributed by atoms with E-state index >= 15 is 0 Å². The zero-order chi connectivity index (χ0) is 18.6. The second-order valence-electron chi connectivity index (χ2n) is 6.58. The van der Waals surface area contributed by atoms with Crippen molar-refractivity contribution < 1.29 is 24.1 Å². The van der Waals surface area contributed by atoms with E-state index in [2.05, 4.69) is 4.90 Å². The van der Waals surface area contributed by atoms with Crippen molar-refractivity contribution in [2.45, 2.75) is 0 Å². The van der Waals surface area contributed by atoms with Crippen LogP contribution in [-0.2, 0) is 0 Å². The van der Waals surface area contributed by atoms with Crippen molar-refractivity contribution in [3.63, 3.8) is 0 Å². The molecular formula is C18H28N2O5. The van der Waals surface area contributed by atoms with Gasteiger partial charge in [0.15, 0.2) is 11.5 Å². The number of carbonyl (C=O) groups excluding carboxylic acids is 1. The highest BCUT2D eigenvalue weighted by molar-refractivity contribution is 5.98. The van der Waals surface area contributed by atoms with Gasteiger partial charge in [0.1, 0.15) is 5.75 Å². The van der Waals surface area contributed by atoms with Crippen LogP contribution in [0.2, 0.25) is 0 Å². The number of nitrogens with zero attached hydrogens (tertiary/aromatic N) is 2. The molecule has 7 heteroatoms. The molecule has 1 aromatic rings. The molecule has 0 unspecified atom stereocenters. The zero-order valence-electron chi connectivity index (χ0n) is 15.6. The normalized spacial score (nSPS) is 20.0. The maximum Gasteiger partial charge on any atom is 0.257 e. The lowest BCUT2D eigenvalue weighted by atomic mass is 9.97. The van der Waals surface area contributed by atoms with Gasteiger partial charge in [-0.2, -0.15) is 0 Å². The van der Waals surface area contributed by atoms with Crippen molar-refractivity contribution in [2.24, 2.45) is 11.8 Å². The standard InChI is InChI=1S/C18H28N2O5/c1-19(2)8-12-9-20(10-13(12)11-21)18(22)14-6-16(24-4)17(25-5)7-15(14)23-3/h6-7,12-13,21H,8-11H2,1-5H3/t12-,13-/m1/s1. The summed E-state index contributed by atoms with van der Waals surface area (Å²) in [6.45, 7) is 2.05. The first-order valence-corrected chi connectivity index (χ1v) is 8.30. The second-order valence-corrected chi connectivity index (χ2v) is 6.58. The number of hydrogen-bond donors (Lipinski definition) is 1. The molecular weight excluding hydrogens is 324 g/mol. The molecule has 140 valence electrons. The SMILES string of the molecule is COc1cc(OC)c(C(=O)N2C[C@@H](CN(C)C)[C@@H](CO)C2)cc1OC. The maximum atomic E-state index is 13.0. The molecule has 1 aromatic carbocycles. The van der Waals surface area contributed by atoms with Crippen LogP contribution in [0.4, 0.5) is 0 Å². The van der Waals surface area contributed by atoms with Crippen molar-refractivity contribution in [1.82, 2.24) is 9.80 Å². The number of likely N-dealkylation sites (tertiary alicyclic amines) is 1. The molecule has 1 aliphatic rings. The third-order valence-electron chi connectivity index (χ3n) is 4.63. The number of aliphatic hydroxyl groups is 1. The summed E-state index contributed by atoms with van der Waals surface area (Å²) in [7, 11) is 8.58. The predicted octanol–water partition coefficient (Wildman–Crippen LogP) is 0.955. The van der Waals surface area contributed by atoms with E-state index in [4.69, 9.17) is 14.2 Å². The van der Waals surface area contributed by atoms with Crippen LogP contribution in [0.5, 0.6) is 17.2 Å². The number of ether oxygens (including phenoxy) is 3. The van der Waals surface area contributed by atoms with Gasteiger partial charge in [0, 0.05) is 44.3 Å². The lowest BCUT2D eigenvalue weighted by Crippen LogP contribution is -2.31. The quantitative estimate of drug-likeness (QED) is 0.788. The van der Waals surface area contributed by atoms with Gasteiger partial charge < -0.3 is 29.1 Å². The summed E-state index contributed by atoms with van der Waals surface area (Å²) < 4.78 is 15.9. The fourth-order valence-corrected chi connectivity index (χ4v) is 3.35. The molecule has 2 rings (SSSR count). The van der Waals surface area contributed by atoms with E-state index in [0.29, 0.717) is 35.9 Å². The average Bonchev–Trinajstić information content (AvgIpc) is 3.01. The topological polar surface area (TPSA) is 71.5 Å². The average molecular weight is 352 g/mol. The highest BCUT2D eigenvalue weighted by Crippen LogP contribution is 2.36. The number of amides is 1. The molecule has 0 saturated carbocycles. The van der Waals surface area contributed by atoms with Crippen molar-refractivity contribution in [1.29, 1.82) is 0 Å². The third kappa shape index (κ3) is 4.16. The first-order valence-electron chi connectivity index (χ1n) is 8.30. The molecule has 1 N–H and O–H groups in total. The first kappa shape index (κ1) is 19.3. The minimum atomic E-state index is -0.127. The third-order valence-corrected chi connectivity index (χ3v) is 4.63. The lowest BCUT2D eigenvalue weighted by molar-refractivity contribution is 0.0775. The molecule has 7 nitrogen and oxygen atoms in total. The first-order chi connectivity index (χ1) is 11.9. The van der Waals surface area contributed by atoms with Gasteiger partial charge in [-0.15, -0.1) is 0 Å². The Bertz CT molecular complexity index is 605. The molecule has 25 heavy (non-hydrogen) atoms. The van der Waals surface area contributed by atoms with Gasteiger partial charge in [0.05, 0.1) is 26.9 Å². The fraction of sp³-hybridized carbons (Fsp3) is 0.611. The second kappa shape index (κ2) is 8.40. The van der Waals surface area contributed by atoms with Gasteiger partial charge >= 0.3 is 0 Å². The molecule has 0 aliphatic carbocycles. The summed E-state index contributed by atoms with van der Waals surface area (Å²) in [6.07, 6.45) is 0.